The maximum absolute atomic E-state index is 12.9. The molecule has 0 bridgehead atoms. The molecule has 0 aliphatic carbocycles. The van der Waals surface area contributed by atoms with Gasteiger partial charge < -0.3 is 19.5 Å². The summed E-state index contributed by atoms with van der Waals surface area (Å²) < 4.78 is 18.2. The van der Waals surface area contributed by atoms with Crippen LogP contribution in [0.1, 0.15) is 0 Å². The van der Waals surface area contributed by atoms with E-state index in [1.54, 1.807) is 18.2 Å². The zero-order valence-corrected chi connectivity index (χ0v) is 15.8. The highest BCUT2D eigenvalue weighted by Crippen LogP contribution is 2.32. The number of aryl methyl sites for hydroxylation is 1. The van der Waals surface area contributed by atoms with Crippen molar-refractivity contribution in [1.82, 2.24) is 14.1 Å². The van der Waals surface area contributed by atoms with Crippen LogP contribution in [0.4, 0.5) is 5.69 Å². The lowest BCUT2D eigenvalue weighted by Gasteiger charge is -2.19. The maximum atomic E-state index is 12.9. The van der Waals surface area contributed by atoms with Crippen LogP contribution >= 0.6 is 0 Å². The molecule has 0 fully saturated rings. The standard InChI is InChI=1S/C19H18N4O6/c1-22-17-16(13(27-2)5-6-20-17)18(25)23(19(22)26)10-15(24)21-11-3-4-12-14(9-11)29-8-7-28-12/h3-6,9H,7-8,10H2,1-2H3,(H,21,24). The number of hydrogen-bond acceptors (Lipinski definition) is 7. The van der Waals surface area contributed by atoms with E-state index in [4.69, 9.17) is 14.2 Å². The van der Waals surface area contributed by atoms with Crippen molar-refractivity contribution in [3.05, 3.63) is 51.3 Å². The Morgan fingerprint density at radius 1 is 1.21 bits per heavy atom. The Morgan fingerprint density at radius 2 is 1.97 bits per heavy atom. The van der Waals surface area contributed by atoms with Crippen molar-refractivity contribution in [2.75, 3.05) is 25.6 Å². The molecule has 0 unspecified atom stereocenters. The molecule has 4 rings (SSSR count). The van der Waals surface area contributed by atoms with Crippen molar-refractivity contribution in [2.24, 2.45) is 7.05 Å². The zero-order chi connectivity index (χ0) is 20.5. The molecule has 1 aliphatic rings. The molecule has 1 N–H and O–H groups in total. The van der Waals surface area contributed by atoms with Gasteiger partial charge in [-0.05, 0) is 18.2 Å². The van der Waals surface area contributed by atoms with E-state index in [1.165, 1.54) is 31.0 Å². The topological polar surface area (TPSA) is 114 Å². The molecule has 0 saturated carbocycles. The lowest BCUT2D eigenvalue weighted by molar-refractivity contribution is -0.116. The van der Waals surface area contributed by atoms with Gasteiger partial charge in [0.15, 0.2) is 17.1 Å². The van der Waals surface area contributed by atoms with E-state index in [2.05, 4.69) is 10.3 Å². The number of carbonyl (C=O) groups is 1. The van der Waals surface area contributed by atoms with Crippen LogP contribution in [-0.2, 0) is 18.4 Å². The SMILES string of the molecule is COc1ccnc2c1c(=O)n(CC(=O)Nc1ccc3c(c1)OCCO3)c(=O)n2C. The molecule has 0 atom stereocenters. The highest BCUT2D eigenvalue weighted by atomic mass is 16.6. The normalized spacial score (nSPS) is 12.6. The van der Waals surface area contributed by atoms with E-state index in [0.29, 0.717) is 30.4 Å². The molecule has 150 valence electrons. The van der Waals surface area contributed by atoms with Crippen molar-refractivity contribution < 1.29 is 19.0 Å². The predicted octanol–water partition coefficient (Wildman–Crippen LogP) is 0.514. The molecule has 1 aliphatic heterocycles. The van der Waals surface area contributed by atoms with Crippen molar-refractivity contribution in [2.45, 2.75) is 6.54 Å². The van der Waals surface area contributed by atoms with E-state index in [0.717, 1.165) is 4.57 Å². The fourth-order valence-corrected chi connectivity index (χ4v) is 3.16. The lowest BCUT2D eigenvalue weighted by Crippen LogP contribution is -2.42. The maximum Gasteiger partial charge on any atom is 0.332 e. The van der Waals surface area contributed by atoms with Crippen molar-refractivity contribution in [3.8, 4) is 17.2 Å². The first-order valence-corrected chi connectivity index (χ1v) is 8.81. The smallest absolute Gasteiger partial charge is 0.332 e. The Hall–Kier alpha value is -3.82. The summed E-state index contributed by atoms with van der Waals surface area (Å²) in [6.45, 7) is 0.419. The van der Waals surface area contributed by atoms with Crippen LogP contribution in [0.3, 0.4) is 0 Å². The van der Waals surface area contributed by atoms with E-state index < -0.39 is 23.7 Å². The van der Waals surface area contributed by atoms with Crippen molar-refractivity contribution >= 4 is 22.6 Å². The number of methoxy groups -OCH3 is 1. The number of carbonyl (C=O) groups excluding carboxylic acids is 1. The third-order valence-corrected chi connectivity index (χ3v) is 4.53. The van der Waals surface area contributed by atoms with Gasteiger partial charge in [0.25, 0.3) is 5.56 Å². The fourth-order valence-electron chi connectivity index (χ4n) is 3.16. The van der Waals surface area contributed by atoms with E-state index in [1.807, 2.05) is 0 Å². The van der Waals surface area contributed by atoms with E-state index in [9.17, 15) is 14.4 Å². The number of pyridine rings is 1. The molecule has 10 nitrogen and oxygen atoms in total. The van der Waals surface area contributed by atoms with Gasteiger partial charge in [-0.15, -0.1) is 0 Å². The van der Waals surface area contributed by atoms with Crippen LogP contribution in [0.25, 0.3) is 11.0 Å². The minimum absolute atomic E-state index is 0.129. The van der Waals surface area contributed by atoms with Gasteiger partial charge in [-0.1, -0.05) is 0 Å². The predicted molar refractivity (Wildman–Crippen MR) is 104 cm³/mol. The second-order valence-electron chi connectivity index (χ2n) is 6.35. The number of fused-ring (bicyclic) bond motifs is 2. The van der Waals surface area contributed by atoms with E-state index >= 15 is 0 Å². The first-order valence-electron chi connectivity index (χ1n) is 8.81. The summed E-state index contributed by atoms with van der Waals surface area (Å²) >= 11 is 0. The summed E-state index contributed by atoms with van der Waals surface area (Å²) in [5.41, 5.74) is -0.655. The minimum atomic E-state index is -0.652. The zero-order valence-electron chi connectivity index (χ0n) is 15.8. The summed E-state index contributed by atoms with van der Waals surface area (Å²) in [7, 11) is 2.89. The van der Waals surface area contributed by atoms with E-state index in [-0.39, 0.29) is 16.8 Å². The molecule has 3 aromatic rings. The molecule has 1 amide bonds. The molecule has 2 aromatic heterocycles. The number of anilines is 1. The Kier molecular flexibility index (Phi) is 4.67. The summed E-state index contributed by atoms with van der Waals surface area (Å²) in [5, 5.41) is 2.79. The Morgan fingerprint density at radius 3 is 2.72 bits per heavy atom. The Bertz CT molecular complexity index is 1230. The highest BCUT2D eigenvalue weighted by molar-refractivity contribution is 5.91. The number of benzene rings is 1. The van der Waals surface area contributed by atoms with Crippen LogP contribution in [0.5, 0.6) is 17.2 Å². The average molecular weight is 398 g/mol. The minimum Gasteiger partial charge on any atom is -0.496 e. The van der Waals surface area contributed by atoms with Gasteiger partial charge in [-0.3, -0.25) is 14.2 Å². The quantitative estimate of drug-likeness (QED) is 0.681. The molecule has 0 saturated heterocycles. The molecule has 29 heavy (non-hydrogen) atoms. The van der Waals surface area contributed by atoms with Crippen LogP contribution in [0.15, 0.2) is 40.1 Å². The van der Waals surface area contributed by atoms with Crippen molar-refractivity contribution in [1.29, 1.82) is 0 Å². The molecule has 0 radical (unpaired) electrons. The Labute approximate surface area is 164 Å². The van der Waals surface area contributed by atoms with Gasteiger partial charge in [0.1, 0.15) is 30.9 Å². The van der Waals surface area contributed by atoms with Crippen LogP contribution in [-0.4, -0.2) is 40.3 Å². The lowest BCUT2D eigenvalue weighted by atomic mass is 10.2. The van der Waals surface area contributed by atoms with Crippen LogP contribution in [0.2, 0.25) is 0 Å². The first-order chi connectivity index (χ1) is 14.0. The monoisotopic (exact) mass is 398 g/mol. The average Bonchev–Trinajstić information content (AvgIpc) is 2.74. The van der Waals surface area contributed by atoms with Gasteiger partial charge in [-0.2, -0.15) is 0 Å². The largest absolute Gasteiger partial charge is 0.496 e. The van der Waals surface area contributed by atoms with Crippen LogP contribution in [0, 0.1) is 0 Å². The number of nitrogens with zero attached hydrogens (tertiary/aromatic N) is 3. The number of aromatic nitrogens is 3. The number of nitrogens with one attached hydrogen (secondary N) is 1. The molecular formula is C19H18N4O6. The number of rotatable bonds is 4. The molecular weight excluding hydrogens is 380 g/mol. The van der Waals surface area contributed by atoms with Gasteiger partial charge in [0.05, 0.1) is 7.11 Å². The Balaban J connectivity index is 1.66. The molecule has 0 spiro atoms. The second-order valence-corrected chi connectivity index (χ2v) is 6.35. The van der Waals surface area contributed by atoms with Gasteiger partial charge in [0, 0.05) is 25.0 Å². The van der Waals surface area contributed by atoms with Gasteiger partial charge in [-0.25, -0.2) is 14.3 Å². The van der Waals surface area contributed by atoms with Crippen LogP contribution < -0.4 is 30.8 Å². The van der Waals surface area contributed by atoms with Crippen molar-refractivity contribution in [3.63, 3.8) is 0 Å². The third-order valence-electron chi connectivity index (χ3n) is 4.53. The summed E-state index contributed by atoms with van der Waals surface area (Å²) in [6, 6.07) is 6.48. The molecule has 1 aromatic carbocycles. The highest BCUT2D eigenvalue weighted by Gasteiger charge is 2.18. The first kappa shape index (κ1) is 18.5. The van der Waals surface area contributed by atoms with Gasteiger partial charge >= 0.3 is 5.69 Å². The fraction of sp³-hybridized carbons (Fsp3) is 0.263. The summed E-state index contributed by atoms with van der Waals surface area (Å²) in [5.74, 6) is 0.844. The second kappa shape index (κ2) is 7.30. The summed E-state index contributed by atoms with van der Waals surface area (Å²) in [4.78, 5) is 42.1. The number of amides is 1. The number of ether oxygens (including phenoxy) is 3. The van der Waals surface area contributed by atoms with Gasteiger partial charge in [0.2, 0.25) is 5.91 Å². The molecule has 10 heteroatoms. The summed E-state index contributed by atoms with van der Waals surface area (Å²) in [6.07, 6.45) is 1.44. The number of hydrogen-bond donors (Lipinski definition) is 1. The molecule has 3 heterocycles. The third kappa shape index (κ3) is 3.28.